The molecule has 0 saturated carbocycles. The molecule has 1 saturated heterocycles. The molecule has 1 unspecified atom stereocenters. The summed E-state index contributed by atoms with van der Waals surface area (Å²) in [5.74, 6) is -1.86. The van der Waals surface area contributed by atoms with E-state index in [-0.39, 0.29) is 18.9 Å². The number of carboxylic acids is 1. The molecule has 2 rings (SSSR count). The van der Waals surface area contributed by atoms with Crippen LogP contribution in [0.15, 0.2) is 18.2 Å². The first-order chi connectivity index (χ1) is 7.97. The lowest BCUT2D eigenvalue weighted by molar-refractivity contribution is -0.141. The molecule has 1 aromatic carbocycles. The number of rotatable bonds is 2. The van der Waals surface area contributed by atoms with E-state index in [0.717, 1.165) is 0 Å². The van der Waals surface area contributed by atoms with Crippen LogP contribution < -0.4 is 4.90 Å². The number of carbonyl (C=O) groups excluding carboxylic acids is 1. The molecule has 0 aromatic heterocycles. The number of nitrogens with zero attached hydrogens (tertiary/aromatic N) is 1. The predicted molar refractivity (Wildman–Crippen MR) is 64.6 cm³/mol. The fourth-order valence-corrected chi connectivity index (χ4v) is 2.33. The van der Waals surface area contributed by atoms with Gasteiger partial charge in [0.15, 0.2) is 0 Å². The summed E-state index contributed by atoms with van der Waals surface area (Å²) in [5.41, 5.74) is 0.538. The highest BCUT2D eigenvalue weighted by Crippen LogP contribution is 2.30. The van der Waals surface area contributed by atoms with Gasteiger partial charge < -0.3 is 10.0 Å². The number of carboxylic acid groups (broad SMARTS) is 1. The van der Waals surface area contributed by atoms with Crippen LogP contribution in [0.2, 0.25) is 10.0 Å². The zero-order valence-corrected chi connectivity index (χ0v) is 10.2. The fourth-order valence-electron chi connectivity index (χ4n) is 1.82. The van der Waals surface area contributed by atoms with Crippen LogP contribution in [0, 0.1) is 5.92 Å². The van der Waals surface area contributed by atoms with Gasteiger partial charge in [0.05, 0.1) is 5.92 Å². The van der Waals surface area contributed by atoms with Crippen molar-refractivity contribution < 1.29 is 14.7 Å². The van der Waals surface area contributed by atoms with Crippen LogP contribution in [-0.4, -0.2) is 23.5 Å². The molecule has 1 aliphatic heterocycles. The molecule has 0 bridgehead atoms. The number of hydrogen-bond acceptors (Lipinski definition) is 2. The molecule has 1 amide bonds. The van der Waals surface area contributed by atoms with E-state index in [1.807, 2.05) is 0 Å². The fraction of sp³-hybridized carbons (Fsp3) is 0.273. The summed E-state index contributed by atoms with van der Waals surface area (Å²) < 4.78 is 0. The third kappa shape index (κ3) is 2.53. The Morgan fingerprint density at radius 2 is 1.88 bits per heavy atom. The number of halogens is 2. The van der Waals surface area contributed by atoms with Gasteiger partial charge >= 0.3 is 5.97 Å². The Kier molecular flexibility index (Phi) is 3.26. The highest BCUT2D eigenvalue weighted by Gasteiger charge is 2.35. The van der Waals surface area contributed by atoms with Gasteiger partial charge in [-0.2, -0.15) is 0 Å². The third-order valence-electron chi connectivity index (χ3n) is 2.63. The van der Waals surface area contributed by atoms with E-state index in [9.17, 15) is 9.59 Å². The zero-order valence-electron chi connectivity index (χ0n) is 8.69. The predicted octanol–water partition coefficient (Wildman–Crippen LogP) is 2.43. The molecule has 17 heavy (non-hydrogen) atoms. The normalized spacial score (nSPS) is 19.8. The van der Waals surface area contributed by atoms with Crippen molar-refractivity contribution in [2.24, 2.45) is 5.92 Å². The second-order valence-corrected chi connectivity index (χ2v) is 4.74. The molecule has 1 aliphatic rings. The molecule has 0 radical (unpaired) electrons. The van der Waals surface area contributed by atoms with Crippen molar-refractivity contribution in [2.75, 3.05) is 11.4 Å². The highest BCUT2D eigenvalue weighted by atomic mass is 35.5. The van der Waals surface area contributed by atoms with Gasteiger partial charge in [0.1, 0.15) is 0 Å². The van der Waals surface area contributed by atoms with Crippen molar-refractivity contribution in [1.82, 2.24) is 0 Å². The van der Waals surface area contributed by atoms with Crippen LogP contribution in [0.4, 0.5) is 5.69 Å². The van der Waals surface area contributed by atoms with Crippen LogP contribution in [0.1, 0.15) is 6.42 Å². The van der Waals surface area contributed by atoms with Crippen molar-refractivity contribution >= 4 is 40.8 Å². The van der Waals surface area contributed by atoms with Gasteiger partial charge in [0.2, 0.25) is 5.91 Å². The molecule has 0 aliphatic carbocycles. The topological polar surface area (TPSA) is 57.6 Å². The van der Waals surface area contributed by atoms with Crippen LogP contribution >= 0.6 is 23.2 Å². The number of anilines is 1. The van der Waals surface area contributed by atoms with Gasteiger partial charge in [-0.05, 0) is 18.2 Å². The molecule has 1 aromatic rings. The molecule has 1 fully saturated rings. The molecule has 4 nitrogen and oxygen atoms in total. The second kappa shape index (κ2) is 4.55. The highest BCUT2D eigenvalue weighted by molar-refractivity contribution is 6.35. The van der Waals surface area contributed by atoms with Crippen molar-refractivity contribution in [3.8, 4) is 0 Å². The van der Waals surface area contributed by atoms with Crippen LogP contribution in [0.3, 0.4) is 0 Å². The first-order valence-electron chi connectivity index (χ1n) is 4.96. The molecule has 1 N–H and O–H groups in total. The van der Waals surface area contributed by atoms with Crippen LogP contribution in [0.25, 0.3) is 0 Å². The SMILES string of the molecule is O=C(O)C1CC(=O)N(c2cc(Cl)cc(Cl)c2)C1. The third-order valence-corrected chi connectivity index (χ3v) is 3.07. The molecule has 6 heteroatoms. The minimum atomic E-state index is -0.964. The number of benzene rings is 1. The first-order valence-corrected chi connectivity index (χ1v) is 5.72. The maximum atomic E-state index is 11.7. The monoisotopic (exact) mass is 273 g/mol. The van der Waals surface area contributed by atoms with Gasteiger partial charge in [-0.25, -0.2) is 0 Å². The maximum absolute atomic E-state index is 11.7. The van der Waals surface area contributed by atoms with E-state index < -0.39 is 11.9 Å². The molecular formula is C11H9Cl2NO3. The van der Waals surface area contributed by atoms with E-state index in [1.54, 1.807) is 18.2 Å². The Balaban J connectivity index is 2.28. The van der Waals surface area contributed by atoms with E-state index >= 15 is 0 Å². The summed E-state index contributed by atoms with van der Waals surface area (Å²) in [6.07, 6.45) is 0.0134. The molecule has 0 spiro atoms. The van der Waals surface area contributed by atoms with Gasteiger partial charge in [-0.1, -0.05) is 23.2 Å². The first kappa shape index (κ1) is 12.2. The average Bonchev–Trinajstić information content (AvgIpc) is 2.59. The summed E-state index contributed by atoms with van der Waals surface area (Å²) in [6.45, 7) is 0.158. The molecule has 90 valence electrons. The van der Waals surface area contributed by atoms with E-state index in [2.05, 4.69) is 0 Å². The van der Waals surface area contributed by atoms with Gasteiger partial charge in [0, 0.05) is 28.7 Å². The number of amides is 1. The quantitative estimate of drug-likeness (QED) is 0.901. The summed E-state index contributed by atoms with van der Waals surface area (Å²) in [6, 6.07) is 4.74. The Morgan fingerprint density at radius 1 is 1.29 bits per heavy atom. The maximum Gasteiger partial charge on any atom is 0.308 e. The summed E-state index contributed by atoms with van der Waals surface area (Å²) in [5, 5.41) is 9.71. The zero-order chi connectivity index (χ0) is 12.6. The van der Waals surface area contributed by atoms with E-state index in [1.165, 1.54) is 4.90 Å². The van der Waals surface area contributed by atoms with Crippen LogP contribution in [0.5, 0.6) is 0 Å². The Morgan fingerprint density at radius 3 is 2.35 bits per heavy atom. The lowest BCUT2D eigenvalue weighted by atomic mass is 10.1. The number of aliphatic carboxylic acids is 1. The van der Waals surface area contributed by atoms with E-state index in [0.29, 0.717) is 15.7 Å². The van der Waals surface area contributed by atoms with Gasteiger partial charge in [-0.3, -0.25) is 9.59 Å². The summed E-state index contributed by atoms with van der Waals surface area (Å²) in [4.78, 5) is 23.9. The number of carbonyl (C=O) groups is 2. The second-order valence-electron chi connectivity index (χ2n) is 3.87. The molecule has 1 heterocycles. The molecular weight excluding hydrogens is 265 g/mol. The van der Waals surface area contributed by atoms with Crippen molar-refractivity contribution in [2.45, 2.75) is 6.42 Å². The Bertz CT molecular complexity index is 469. The Hall–Kier alpha value is -1.26. The average molecular weight is 274 g/mol. The van der Waals surface area contributed by atoms with Crippen molar-refractivity contribution in [3.63, 3.8) is 0 Å². The van der Waals surface area contributed by atoms with Crippen molar-refractivity contribution in [3.05, 3.63) is 28.2 Å². The lowest BCUT2D eigenvalue weighted by Gasteiger charge is -2.16. The minimum Gasteiger partial charge on any atom is -0.481 e. The lowest BCUT2D eigenvalue weighted by Crippen LogP contribution is -2.25. The largest absolute Gasteiger partial charge is 0.481 e. The minimum absolute atomic E-state index is 0.0134. The van der Waals surface area contributed by atoms with Crippen molar-refractivity contribution in [1.29, 1.82) is 0 Å². The standard InChI is InChI=1S/C11H9Cl2NO3/c12-7-2-8(13)4-9(3-7)14-5-6(11(16)17)1-10(14)15/h2-4,6H,1,5H2,(H,16,17). The van der Waals surface area contributed by atoms with Crippen LogP contribution in [-0.2, 0) is 9.59 Å². The summed E-state index contributed by atoms with van der Waals surface area (Å²) >= 11 is 11.7. The molecule has 1 atom stereocenters. The summed E-state index contributed by atoms with van der Waals surface area (Å²) in [7, 11) is 0. The van der Waals surface area contributed by atoms with Gasteiger partial charge in [-0.15, -0.1) is 0 Å². The van der Waals surface area contributed by atoms with E-state index in [4.69, 9.17) is 28.3 Å². The Labute approximate surface area is 108 Å². The smallest absolute Gasteiger partial charge is 0.308 e. The van der Waals surface area contributed by atoms with Gasteiger partial charge in [0.25, 0.3) is 0 Å². The number of hydrogen-bond donors (Lipinski definition) is 1.